The van der Waals surface area contributed by atoms with Gasteiger partial charge in [-0.15, -0.1) is 0 Å². The zero-order chi connectivity index (χ0) is 13.1. The maximum absolute atomic E-state index is 13.4. The first-order chi connectivity index (χ1) is 8.54. The summed E-state index contributed by atoms with van der Waals surface area (Å²) in [4.78, 5) is 0. The molecule has 0 aliphatic heterocycles. The summed E-state index contributed by atoms with van der Waals surface area (Å²) in [6, 6.07) is 5.37. The van der Waals surface area contributed by atoms with Gasteiger partial charge in [0.1, 0.15) is 5.82 Å². The Morgan fingerprint density at radius 1 is 1.33 bits per heavy atom. The number of nitrogens with one attached hydrogen (secondary N) is 1. The average Bonchev–Trinajstić information content (AvgIpc) is 2.29. The van der Waals surface area contributed by atoms with Gasteiger partial charge in [-0.2, -0.15) is 0 Å². The van der Waals surface area contributed by atoms with Gasteiger partial charge < -0.3 is 5.32 Å². The van der Waals surface area contributed by atoms with E-state index in [1.54, 1.807) is 13.0 Å². The molecule has 1 aliphatic rings. The fourth-order valence-corrected chi connectivity index (χ4v) is 2.81. The minimum atomic E-state index is -0.131. The molecule has 1 aliphatic carbocycles. The van der Waals surface area contributed by atoms with Gasteiger partial charge in [-0.05, 0) is 56.2 Å². The molecule has 0 fully saturated rings. The van der Waals surface area contributed by atoms with Crippen LogP contribution in [0.4, 0.5) is 10.1 Å². The molecule has 1 aromatic rings. The molecule has 0 saturated heterocycles. The van der Waals surface area contributed by atoms with Crippen molar-refractivity contribution in [3.63, 3.8) is 0 Å². The summed E-state index contributed by atoms with van der Waals surface area (Å²) >= 11 is 0. The third-order valence-electron chi connectivity index (χ3n) is 3.65. The Labute approximate surface area is 109 Å². The van der Waals surface area contributed by atoms with Crippen LogP contribution in [0.15, 0.2) is 29.8 Å². The number of halogens is 1. The van der Waals surface area contributed by atoms with E-state index >= 15 is 0 Å². The molecule has 2 heteroatoms. The second-order valence-corrected chi connectivity index (χ2v) is 5.64. The quantitative estimate of drug-likeness (QED) is 0.773. The SMILES string of the molecule is CC1=CC(C)CC(CNc2ccc(C)c(F)c2)C1. The Morgan fingerprint density at radius 2 is 2.11 bits per heavy atom. The first kappa shape index (κ1) is 13.1. The second-order valence-electron chi connectivity index (χ2n) is 5.64. The van der Waals surface area contributed by atoms with Crippen LogP contribution in [0.5, 0.6) is 0 Å². The smallest absolute Gasteiger partial charge is 0.128 e. The van der Waals surface area contributed by atoms with E-state index in [9.17, 15) is 4.39 Å². The Kier molecular flexibility index (Phi) is 4.05. The van der Waals surface area contributed by atoms with E-state index in [0.717, 1.165) is 18.7 Å². The molecule has 2 atom stereocenters. The van der Waals surface area contributed by atoms with E-state index in [1.165, 1.54) is 12.0 Å². The lowest BCUT2D eigenvalue weighted by Crippen LogP contribution is -2.20. The third kappa shape index (κ3) is 3.34. The maximum Gasteiger partial charge on any atom is 0.128 e. The molecular weight excluding hydrogens is 225 g/mol. The minimum absolute atomic E-state index is 0.131. The molecule has 1 aromatic carbocycles. The van der Waals surface area contributed by atoms with Gasteiger partial charge in [-0.1, -0.05) is 24.6 Å². The number of anilines is 1. The van der Waals surface area contributed by atoms with Gasteiger partial charge in [0.2, 0.25) is 0 Å². The topological polar surface area (TPSA) is 12.0 Å². The summed E-state index contributed by atoms with van der Waals surface area (Å²) in [7, 11) is 0. The van der Waals surface area contributed by atoms with Gasteiger partial charge in [-0.25, -0.2) is 4.39 Å². The Hall–Kier alpha value is -1.31. The van der Waals surface area contributed by atoms with Crippen LogP contribution in [0.25, 0.3) is 0 Å². The van der Waals surface area contributed by atoms with Crippen molar-refractivity contribution >= 4 is 5.69 Å². The van der Waals surface area contributed by atoms with Gasteiger partial charge in [0.05, 0.1) is 0 Å². The van der Waals surface area contributed by atoms with E-state index in [-0.39, 0.29) is 5.82 Å². The zero-order valence-corrected chi connectivity index (χ0v) is 11.5. The van der Waals surface area contributed by atoms with Crippen LogP contribution in [0.2, 0.25) is 0 Å². The zero-order valence-electron chi connectivity index (χ0n) is 11.5. The van der Waals surface area contributed by atoms with Crippen LogP contribution in [-0.4, -0.2) is 6.54 Å². The largest absolute Gasteiger partial charge is 0.385 e. The highest BCUT2D eigenvalue weighted by Crippen LogP contribution is 2.28. The summed E-state index contributed by atoms with van der Waals surface area (Å²) < 4.78 is 13.4. The van der Waals surface area contributed by atoms with Gasteiger partial charge in [0.25, 0.3) is 0 Å². The first-order valence-electron chi connectivity index (χ1n) is 6.72. The van der Waals surface area contributed by atoms with Crippen molar-refractivity contribution in [3.8, 4) is 0 Å². The predicted molar refractivity (Wildman–Crippen MR) is 75.3 cm³/mol. The predicted octanol–water partition coefficient (Wildman–Crippen LogP) is 4.54. The summed E-state index contributed by atoms with van der Waals surface area (Å²) in [5.41, 5.74) is 3.07. The van der Waals surface area contributed by atoms with Gasteiger partial charge in [0.15, 0.2) is 0 Å². The van der Waals surface area contributed by atoms with Crippen molar-refractivity contribution in [2.75, 3.05) is 11.9 Å². The van der Waals surface area contributed by atoms with Crippen molar-refractivity contribution < 1.29 is 4.39 Å². The fourth-order valence-electron chi connectivity index (χ4n) is 2.81. The fraction of sp³-hybridized carbons (Fsp3) is 0.500. The number of allylic oxidation sites excluding steroid dienone is 2. The number of benzene rings is 1. The van der Waals surface area contributed by atoms with Crippen LogP contribution >= 0.6 is 0 Å². The highest BCUT2D eigenvalue weighted by molar-refractivity contribution is 5.45. The number of hydrogen-bond acceptors (Lipinski definition) is 1. The van der Waals surface area contributed by atoms with Gasteiger partial charge in [0, 0.05) is 12.2 Å². The monoisotopic (exact) mass is 247 g/mol. The van der Waals surface area contributed by atoms with Gasteiger partial charge in [-0.3, -0.25) is 0 Å². The maximum atomic E-state index is 13.4. The molecule has 2 rings (SSSR count). The first-order valence-corrected chi connectivity index (χ1v) is 6.72. The lowest BCUT2D eigenvalue weighted by Gasteiger charge is -2.26. The highest BCUT2D eigenvalue weighted by Gasteiger charge is 2.17. The van der Waals surface area contributed by atoms with E-state index < -0.39 is 0 Å². The normalized spacial score (nSPS) is 23.7. The van der Waals surface area contributed by atoms with Crippen LogP contribution in [-0.2, 0) is 0 Å². The molecule has 0 spiro atoms. The molecule has 98 valence electrons. The molecular formula is C16H22FN. The average molecular weight is 247 g/mol. The minimum Gasteiger partial charge on any atom is -0.385 e. The lowest BCUT2D eigenvalue weighted by atomic mass is 9.84. The molecule has 0 aromatic heterocycles. The standard InChI is InChI=1S/C16H22FN/c1-11-6-12(2)8-14(7-11)10-18-15-5-4-13(3)16(17)9-15/h4-6,9,11,14,18H,7-8,10H2,1-3H3. The van der Waals surface area contributed by atoms with Crippen molar-refractivity contribution in [1.82, 2.24) is 0 Å². The second kappa shape index (κ2) is 5.55. The van der Waals surface area contributed by atoms with Crippen molar-refractivity contribution in [2.24, 2.45) is 11.8 Å². The summed E-state index contributed by atoms with van der Waals surface area (Å²) in [5, 5.41) is 3.36. The molecule has 0 heterocycles. The summed E-state index contributed by atoms with van der Waals surface area (Å²) in [6.07, 6.45) is 4.74. The molecule has 1 nitrogen and oxygen atoms in total. The van der Waals surface area contributed by atoms with Gasteiger partial charge >= 0.3 is 0 Å². The van der Waals surface area contributed by atoms with Crippen LogP contribution < -0.4 is 5.32 Å². The van der Waals surface area contributed by atoms with Crippen LogP contribution in [0.1, 0.15) is 32.3 Å². The van der Waals surface area contributed by atoms with E-state index in [4.69, 9.17) is 0 Å². The number of hydrogen-bond donors (Lipinski definition) is 1. The number of rotatable bonds is 3. The van der Waals surface area contributed by atoms with Crippen molar-refractivity contribution in [3.05, 3.63) is 41.2 Å². The van der Waals surface area contributed by atoms with Crippen LogP contribution in [0.3, 0.4) is 0 Å². The molecule has 1 N–H and O–H groups in total. The molecule has 18 heavy (non-hydrogen) atoms. The van der Waals surface area contributed by atoms with Crippen LogP contribution in [0, 0.1) is 24.6 Å². The van der Waals surface area contributed by atoms with E-state index in [1.807, 2.05) is 12.1 Å². The van der Waals surface area contributed by atoms with E-state index in [2.05, 4.69) is 25.2 Å². The third-order valence-corrected chi connectivity index (χ3v) is 3.65. The molecule has 0 saturated carbocycles. The summed E-state index contributed by atoms with van der Waals surface area (Å²) in [6.45, 7) is 7.18. The Balaban J connectivity index is 1.92. The summed E-state index contributed by atoms with van der Waals surface area (Å²) in [5.74, 6) is 1.20. The Morgan fingerprint density at radius 3 is 2.78 bits per heavy atom. The van der Waals surface area contributed by atoms with Crippen molar-refractivity contribution in [1.29, 1.82) is 0 Å². The lowest BCUT2D eigenvalue weighted by molar-refractivity contribution is 0.421. The molecule has 2 unspecified atom stereocenters. The number of aryl methyl sites for hydroxylation is 1. The molecule has 0 bridgehead atoms. The Bertz CT molecular complexity index is 450. The van der Waals surface area contributed by atoms with Crippen molar-refractivity contribution in [2.45, 2.75) is 33.6 Å². The van der Waals surface area contributed by atoms with E-state index in [0.29, 0.717) is 17.4 Å². The molecule has 0 amide bonds. The molecule has 0 radical (unpaired) electrons. The highest BCUT2D eigenvalue weighted by atomic mass is 19.1.